The van der Waals surface area contributed by atoms with E-state index in [1.54, 1.807) is 12.2 Å². The third-order valence-electron chi connectivity index (χ3n) is 3.81. The zero-order chi connectivity index (χ0) is 16.8. The minimum absolute atomic E-state index is 0.288. The van der Waals surface area contributed by atoms with Crippen LogP contribution in [0.15, 0.2) is 48.6 Å². The van der Waals surface area contributed by atoms with Crippen LogP contribution in [-0.4, -0.2) is 23.3 Å². The van der Waals surface area contributed by atoms with Crippen molar-refractivity contribution in [2.45, 2.75) is 70.5 Å². The Bertz CT molecular complexity index is 432. The minimum Gasteiger partial charge on any atom is -0.478 e. The summed E-state index contributed by atoms with van der Waals surface area (Å²) in [4.78, 5) is 10.2. The van der Waals surface area contributed by atoms with Gasteiger partial charge in [0.2, 0.25) is 0 Å². The van der Waals surface area contributed by atoms with Gasteiger partial charge in [0.25, 0.3) is 0 Å². The Hall–Kier alpha value is -1.61. The number of rotatable bonds is 13. The number of hydrogen-bond acceptors (Lipinski definition) is 2. The van der Waals surface area contributed by atoms with E-state index < -0.39 is 5.97 Å². The van der Waals surface area contributed by atoms with Crippen molar-refractivity contribution in [3.8, 4) is 0 Å². The highest BCUT2D eigenvalue weighted by molar-refractivity contribution is 5.80. The van der Waals surface area contributed by atoms with Crippen molar-refractivity contribution in [2.24, 2.45) is 0 Å². The maximum atomic E-state index is 10.2. The Morgan fingerprint density at radius 3 is 2.22 bits per heavy atom. The van der Waals surface area contributed by atoms with Crippen LogP contribution in [0.3, 0.4) is 0 Å². The molecule has 1 rings (SSSR count). The van der Waals surface area contributed by atoms with Crippen molar-refractivity contribution in [3.05, 3.63) is 48.6 Å². The SMILES string of the molecule is CCCCCCCCCC1OC1C=CC=CC=CC=CC(=O)O. The molecule has 1 heterocycles. The van der Waals surface area contributed by atoms with Gasteiger partial charge in [-0.15, -0.1) is 0 Å². The van der Waals surface area contributed by atoms with Crippen LogP contribution in [0.25, 0.3) is 0 Å². The van der Waals surface area contributed by atoms with Crippen LogP contribution in [0.1, 0.15) is 58.3 Å². The predicted molar refractivity (Wildman–Crippen MR) is 95.5 cm³/mol. The Morgan fingerprint density at radius 1 is 0.913 bits per heavy atom. The molecule has 0 spiro atoms. The van der Waals surface area contributed by atoms with Crippen LogP contribution >= 0.6 is 0 Å². The number of ether oxygens (including phenoxy) is 1. The molecule has 23 heavy (non-hydrogen) atoms. The van der Waals surface area contributed by atoms with Crippen LogP contribution < -0.4 is 0 Å². The van der Waals surface area contributed by atoms with E-state index in [-0.39, 0.29) is 6.10 Å². The van der Waals surface area contributed by atoms with Gasteiger partial charge in [-0.05, 0) is 6.42 Å². The number of aliphatic carboxylic acids is 1. The molecule has 1 aliphatic rings. The summed E-state index contributed by atoms with van der Waals surface area (Å²) in [6.07, 6.45) is 25.3. The molecule has 0 aromatic heterocycles. The highest BCUT2D eigenvalue weighted by atomic mass is 16.6. The molecule has 3 nitrogen and oxygen atoms in total. The molecule has 1 N–H and O–H groups in total. The number of carbonyl (C=O) groups is 1. The van der Waals surface area contributed by atoms with Gasteiger partial charge in [-0.1, -0.05) is 94.4 Å². The Labute approximate surface area is 140 Å². The van der Waals surface area contributed by atoms with E-state index in [0.717, 1.165) is 6.08 Å². The molecule has 1 fully saturated rings. The zero-order valence-corrected chi connectivity index (χ0v) is 14.2. The highest BCUT2D eigenvalue weighted by Gasteiger charge is 2.35. The average molecular weight is 318 g/mol. The van der Waals surface area contributed by atoms with Gasteiger partial charge in [0.15, 0.2) is 0 Å². The van der Waals surface area contributed by atoms with Crippen molar-refractivity contribution < 1.29 is 14.6 Å². The van der Waals surface area contributed by atoms with E-state index in [4.69, 9.17) is 9.84 Å². The second kappa shape index (κ2) is 12.9. The largest absolute Gasteiger partial charge is 0.478 e. The maximum Gasteiger partial charge on any atom is 0.328 e. The van der Waals surface area contributed by atoms with E-state index >= 15 is 0 Å². The minimum atomic E-state index is -0.934. The molecule has 1 saturated heterocycles. The van der Waals surface area contributed by atoms with Gasteiger partial charge in [0.05, 0.1) is 6.10 Å². The Morgan fingerprint density at radius 2 is 1.52 bits per heavy atom. The summed E-state index contributed by atoms with van der Waals surface area (Å²) >= 11 is 0. The fourth-order valence-corrected chi connectivity index (χ4v) is 2.43. The monoisotopic (exact) mass is 318 g/mol. The smallest absolute Gasteiger partial charge is 0.328 e. The lowest BCUT2D eigenvalue weighted by molar-refractivity contribution is -0.131. The summed E-state index contributed by atoms with van der Waals surface area (Å²) in [6.45, 7) is 2.25. The molecule has 2 atom stereocenters. The van der Waals surface area contributed by atoms with Crippen molar-refractivity contribution in [1.82, 2.24) is 0 Å². The average Bonchev–Trinajstić information content (AvgIpc) is 3.27. The predicted octanol–water partition coefficient (Wildman–Crippen LogP) is 5.20. The second-order valence-corrected chi connectivity index (χ2v) is 5.90. The molecule has 0 bridgehead atoms. The lowest BCUT2D eigenvalue weighted by atomic mass is 10.1. The molecule has 0 aromatic carbocycles. The summed E-state index contributed by atoms with van der Waals surface area (Å²) in [5.74, 6) is -0.934. The number of carboxylic acids is 1. The number of epoxide rings is 1. The molecule has 0 aliphatic carbocycles. The summed E-state index contributed by atoms with van der Waals surface area (Å²) in [5.41, 5.74) is 0. The van der Waals surface area contributed by atoms with E-state index in [1.165, 1.54) is 57.4 Å². The highest BCUT2D eigenvalue weighted by Crippen LogP contribution is 2.28. The van der Waals surface area contributed by atoms with Gasteiger partial charge in [-0.2, -0.15) is 0 Å². The molecule has 3 heteroatoms. The molecule has 0 radical (unpaired) electrons. The van der Waals surface area contributed by atoms with Crippen LogP contribution in [-0.2, 0) is 9.53 Å². The summed E-state index contributed by atoms with van der Waals surface area (Å²) < 4.78 is 5.62. The van der Waals surface area contributed by atoms with Crippen LogP contribution in [0.5, 0.6) is 0 Å². The molecule has 0 amide bonds. The Balaban J connectivity index is 1.98. The normalized spacial score (nSPS) is 21.3. The number of hydrogen-bond donors (Lipinski definition) is 1. The van der Waals surface area contributed by atoms with E-state index in [0.29, 0.717) is 6.10 Å². The molecule has 0 aromatic rings. The third-order valence-corrected chi connectivity index (χ3v) is 3.81. The van der Waals surface area contributed by atoms with Crippen LogP contribution in [0.4, 0.5) is 0 Å². The van der Waals surface area contributed by atoms with Crippen LogP contribution in [0.2, 0.25) is 0 Å². The topological polar surface area (TPSA) is 49.8 Å². The second-order valence-electron chi connectivity index (χ2n) is 5.90. The maximum absolute atomic E-state index is 10.2. The van der Waals surface area contributed by atoms with Crippen LogP contribution in [0, 0.1) is 0 Å². The van der Waals surface area contributed by atoms with Gasteiger partial charge in [-0.3, -0.25) is 0 Å². The van der Waals surface area contributed by atoms with Crippen molar-refractivity contribution in [1.29, 1.82) is 0 Å². The molecule has 0 saturated carbocycles. The third kappa shape index (κ3) is 11.6. The molecule has 2 unspecified atom stereocenters. The fourth-order valence-electron chi connectivity index (χ4n) is 2.43. The summed E-state index contributed by atoms with van der Waals surface area (Å²) in [7, 11) is 0. The molecular formula is C20H30O3. The zero-order valence-electron chi connectivity index (χ0n) is 14.2. The first-order chi connectivity index (χ1) is 11.2. The van der Waals surface area contributed by atoms with Gasteiger partial charge in [0.1, 0.15) is 6.10 Å². The van der Waals surface area contributed by atoms with E-state index in [9.17, 15) is 4.79 Å². The van der Waals surface area contributed by atoms with E-state index in [1.807, 2.05) is 18.2 Å². The first kappa shape index (κ1) is 19.4. The standard InChI is InChI=1S/C20H30O3/c1-2-3-4-5-6-9-12-15-18-19(23-18)16-13-10-7-8-11-14-17-20(21)22/h7-8,10-11,13-14,16-19H,2-6,9,12,15H2,1H3,(H,21,22). The lowest BCUT2D eigenvalue weighted by Crippen LogP contribution is -1.90. The van der Waals surface area contributed by atoms with Gasteiger partial charge >= 0.3 is 5.97 Å². The van der Waals surface area contributed by atoms with Crippen molar-refractivity contribution >= 4 is 5.97 Å². The first-order valence-corrected chi connectivity index (χ1v) is 8.80. The first-order valence-electron chi connectivity index (χ1n) is 8.80. The number of allylic oxidation sites excluding steroid dienone is 6. The molecular weight excluding hydrogens is 288 g/mol. The lowest BCUT2D eigenvalue weighted by Gasteiger charge is -1.99. The number of unbranched alkanes of at least 4 members (excludes halogenated alkanes) is 6. The summed E-state index contributed by atoms with van der Waals surface area (Å²) in [6, 6.07) is 0. The summed E-state index contributed by atoms with van der Waals surface area (Å²) in [5, 5.41) is 8.41. The number of carboxylic acid groups (broad SMARTS) is 1. The van der Waals surface area contributed by atoms with Crippen molar-refractivity contribution in [3.63, 3.8) is 0 Å². The molecule has 1 aliphatic heterocycles. The van der Waals surface area contributed by atoms with Crippen molar-refractivity contribution in [2.75, 3.05) is 0 Å². The Kier molecular flexibility index (Phi) is 10.9. The fraction of sp³-hybridized carbons (Fsp3) is 0.550. The van der Waals surface area contributed by atoms with Gasteiger partial charge in [-0.25, -0.2) is 4.79 Å². The van der Waals surface area contributed by atoms with Gasteiger partial charge in [0, 0.05) is 6.08 Å². The molecule has 128 valence electrons. The quantitative estimate of drug-likeness (QED) is 0.220. The van der Waals surface area contributed by atoms with E-state index in [2.05, 4.69) is 13.0 Å². The van der Waals surface area contributed by atoms with Gasteiger partial charge < -0.3 is 9.84 Å².